The summed E-state index contributed by atoms with van der Waals surface area (Å²) in [6.07, 6.45) is 0. The third kappa shape index (κ3) is 3.67. The first-order chi connectivity index (χ1) is 12.0. The molecule has 0 bridgehead atoms. The van der Waals surface area contributed by atoms with E-state index in [4.69, 9.17) is 11.6 Å². The first-order valence-corrected chi connectivity index (χ1v) is 8.24. The van der Waals surface area contributed by atoms with Gasteiger partial charge in [-0.25, -0.2) is 4.79 Å². The Morgan fingerprint density at radius 1 is 1.08 bits per heavy atom. The van der Waals surface area contributed by atoms with Crippen molar-refractivity contribution in [1.29, 1.82) is 0 Å². The molecule has 0 aliphatic carbocycles. The molecule has 128 valence electrons. The normalized spacial score (nSPS) is 16.9. The summed E-state index contributed by atoms with van der Waals surface area (Å²) in [5, 5.41) is 8.96. The lowest BCUT2D eigenvalue weighted by atomic mass is 9.92. The van der Waals surface area contributed by atoms with E-state index in [0.29, 0.717) is 22.0 Å². The predicted molar refractivity (Wildman–Crippen MR) is 98.4 cm³/mol. The largest absolute Gasteiger partial charge is 0.327 e. The van der Waals surface area contributed by atoms with Gasteiger partial charge in [-0.1, -0.05) is 35.9 Å². The molecule has 3 rings (SSSR count). The summed E-state index contributed by atoms with van der Waals surface area (Å²) in [4.78, 5) is 24.8. The number of allylic oxidation sites excluding steroid dienone is 1. The highest BCUT2D eigenvalue weighted by Crippen LogP contribution is 2.29. The highest BCUT2D eigenvalue weighted by molar-refractivity contribution is 6.30. The number of amides is 3. The molecule has 2 aromatic rings. The van der Waals surface area contributed by atoms with Crippen LogP contribution in [0, 0.1) is 6.92 Å². The molecule has 0 saturated carbocycles. The lowest BCUT2D eigenvalue weighted by molar-refractivity contribution is -0.113. The Morgan fingerprint density at radius 3 is 2.44 bits per heavy atom. The maximum Gasteiger partial charge on any atom is 0.319 e. The van der Waals surface area contributed by atoms with Gasteiger partial charge in [-0.2, -0.15) is 0 Å². The van der Waals surface area contributed by atoms with E-state index in [0.717, 1.165) is 11.1 Å². The van der Waals surface area contributed by atoms with Gasteiger partial charge < -0.3 is 16.0 Å². The van der Waals surface area contributed by atoms with Gasteiger partial charge in [-0.3, -0.25) is 4.79 Å². The maximum atomic E-state index is 12.9. The molecule has 1 aliphatic rings. The third-order valence-corrected chi connectivity index (χ3v) is 4.37. The van der Waals surface area contributed by atoms with Crippen molar-refractivity contribution in [3.05, 3.63) is 76.0 Å². The summed E-state index contributed by atoms with van der Waals surface area (Å²) in [5.74, 6) is -0.277. The van der Waals surface area contributed by atoms with Crippen molar-refractivity contribution in [2.75, 3.05) is 5.32 Å². The number of hydrogen-bond acceptors (Lipinski definition) is 2. The lowest BCUT2D eigenvalue weighted by Gasteiger charge is -2.29. The Morgan fingerprint density at radius 2 is 1.76 bits per heavy atom. The second kappa shape index (κ2) is 6.99. The topological polar surface area (TPSA) is 70.2 Å². The molecule has 25 heavy (non-hydrogen) atoms. The first-order valence-electron chi connectivity index (χ1n) is 7.86. The monoisotopic (exact) mass is 355 g/mol. The number of rotatable bonds is 3. The van der Waals surface area contributed by atoms with E-state index in [9.17, 15) is 9.59 Å². The minimum absolute atomic E-state index is 0.277. The molecule has 0 aromatic heterocycles. The number of benzene rings is 2. The third-order valence-electron chi connectivity index (χ3n) is 4.12. The van der Waals surface area contributed by atoms with E-state index in [1.54, 1.807) is 31.2 Å². The van der Waals surface area contributed by atoms with E-state index < -0.39 is 6.04 Å². The molecule has 0 radical (unpaired) electrons. The van der Waals surface area contributed by atoms with Crippen LogP contribution in [0.25, 0.3) is 0 Å². The SMILES string of the molecule is CC1=C(C(=O)Nc2ccc(Cl)cc2)C(c2ccccc2C)NC(=O)N1. The van der Waals surface area contributed by atoms with Crippen LogP contribution in [-0.4, -0.2) is 11.9 Å². The van der Waals surface area contributed by atoms with Crippen LogP contribution in [0.15, 0.2) is 59.8 Å². The highest BCUT2D eigenvalue weighted by Gasteiger charge is 2.31. The molecule has 3 amide bonds. The molecule has 0 saturated heterocycles. The molecule has 3 N–H and O–H groups in total. The number of urea groups is 1. The Kier molecular flexibility index (Phi) is 4.76. The van der Waals surface area contributed by atoms with Gasteiger partial charge in [0.2, 0.25) is 0 Å². The molecule has 1 aliphatic heterocycles. The summed E-state index contributed by atoms with van der Waals surface area (Å²) in [6, 6.07) is 13.7. The van der Waals surface area contributed by atoms with Gasteiger partial charge in [0.05, 0.1) is 11.6 Å². The molecular formula is C19H18ClN3O2. The molecule has 5 nitrogen and oxygen atoms in total. The van der Waals surface area contributed by atoms with Crippen LogP contribution in [0.3, 0.4) is 0 Å². The molecule has 1 heterocycles. The molecular weight excluding hydrogens is 338 g/mol. The fourth-order valence-electron chi connectivity index (χ4n) is 2.87. The molecule has 6 heteroatoms. The van der Waals surface area contributed by atoms with Crippen molar-refractivity contribution in [2.45, 2.75) is 19.9 Å². The van der Waals surface area contributed by atoms with Crippen LogP contribution >= 0.6 is 11.6 Å². The van der Waals surface area contributed by atoms with Crippen LogP contribution in [0.2, 0.25) is 5.02 Å². The van der Waals surface area contributed by atoms with Crippen LogP contribution < -0.4 is 16.0 Å². The summed E-state index contributed by atoms with van der Waals surface area (Å²) < 4.78 is 0. The molecule has 0 fully saturated rings. The summed E-state index contributed by atoms with van der Waals surface area (Å²) in [6.45, 7) is 3.67. The van der Waals surface area contributed by atoms with E-state index in [2.05, 4.69) is 16.0 Å². The van der Waals surface area contributed by atoms with Crippen molar-refractivity contribution in [3.63, 3.8) is 0 Å². The number of halogens is 1. The minimum Gasteiger partial charge on any atom is -0.327 e. The molecule has 2 aromatic carbocycles. The van der Waals surface area contributed by atoms with Gasteiger partial charge in [0, 0.05) is 16.4 Å². The lowest BCUT2D eigenvalue weighted by Crippen LogP contribution is -2.46. The van der Waals surface area contributed by atoms with Gasteiger partial charge >= 0.3 is 6.03 Å². The van der Waals surface area contributed by atoms with Crippen molar-refractivity contribution in [2.24, 2.45) is 0 Å². The minimum atomic E-state index is -0.512. The second-order valence-electron chi connectivity index (χ2n) is 5.89. The zero-order valence-electron chi connectivity index (χ0n) is 13.9. The quantitative estimate of drug-likeness (QED) is 0.781. The molecule has 1 unspecified atom stereocenters. The van der Waals surface area contributed by atoms with Gasteiger partial charge in [0.1, 0.15) is 0 Å². The number of carbonyl (C=O) groups excluding carboxylic acids is 2. The van der Waals surface area contributed by atoms with E-state index in [1.807, 2.05) is 31.2 Å². The first kappa shape index (κ1) is 17.0. The predicted octanol–water partition coefficient (Wildman–Crippen LogP) is 3.92. The number of nitrogens with one attached hydrogen (secondary N) is 3. The fraction of sp³-hybridized carbons (Fsp3) is 0.158. The standard InChI is InChI=1S/C19H18ClN3O2/c1-11-5-3-4-6-15(11)17-16(12(2)21-19(25)23-17)18(24)22-14-9-7-13(20)8-10-14/h3-10,17H,1-2H3,(H,22,24)(H2,21,23,25). The maximum absolute atomic E-state index is 12.9. The Balaban J connectivity index is 1.96. The fourth-order valence-corrected chi connectivity index (χ4v) is 3.00. The second-order valence-corrected chi connectivity index (χ2v) is 6.32. The van der Waals surface area contributed by atoms with Gasteiger partial charge in [-0.05, 0) is 49.2 Å². The van der Waals surface area contributed by atoms with Crippen LogP contribution in [0.1, 0.15) is 24.1 Å². The van der Waals surface area contributed by atoms with Crippen LogP contribution in [0.5, 0.6) is 0 Å². The smallest absolute Gasteiger partial charge is 0.319 e. The number of aryl methyl sites for hydroxylation is 1. The zero-order chi connectivity index (χ0) is 18.0. The molecule has 1 atom stereocenters. The zero-order valence-corrected chi connectivity index (χ0v) is 14.6. The van der Waals surface area contributed by atoms with E-state index in [1.165, 1.54) is 0 Å². The van der Waals surface area contributed by atoms with Gasteiger partial charge in [-0.15, -0.1) is 0 Å². The highest BCUT2D eigenvalue weighted by atomic mass is 35.5. The molecule has 0 spiro atoms. The average Bonchev–Trinajstić information content (AvgIpc) is 2.56. The number of carbonyl (C=O) groups is 2. The summed E-state index contributed by atoms with van der Waals surface area (Å²) in [7, 11) is 0. The van der Waals surface area contributed by atoms with Gasteiger partial charge in [0.15, 0.2) is 0 Å². The van der Waals surface area contributed by atoms with Crippen LogP contribution in [0.4, 0.5) is 10.5 Å². The Hall–Kier alpha value is -2.79. The van der Waals surface area contributed by atoms with Crippen molar-refractivity contribution >= 4 is 29.2 Å². The van der Waals surface area contributed by atoms with Crippen molar-refractivity contribution in [3.8, 4) is 0 Å². The number of hydrogen-bond donors (Lipinski definition) is 3. The van der Waals surface area contributed by atoms with E-state index in [-0.39, 0.29) is 11.9 Å². The summed E-state index contributed by atoms with van der Waals surface area (Å²) in [5.41, 5.74) is 3.53. The Bertz CT molecular complexity index is 859. The average molecular weight is 356 g/mol. The number of anilines is 1. The van der Waals surface area contributed by atoms with Crippen molar-refractivity contribution < 1.29 is 9.59 Å². The Labute approximate surface area is 151 Å². The summed E-state index contributed by atoms with van der Waals surface area (Å²) >= 11 is 5.88. The van der Waals surface area contributed by atoms with E-state index >= 15 is 0 Å². The van der Waals surface area contributed by atoms with Crippen LogP contribution in [-0.2, 0) is 4.79 Å². The van der Waals surface area contributed by atoms with Gasteiger partial charge in [0.25, 0.3) is 5.91 Å². The van der Waals surface area contributed by atoms with Crippen molar-refractivity contribution in [1.82, 2.24) is 10.6 Å².